The largest absolute Gasteiger partial charge is 0.462 e. The minimum atomic E-state index is -0.374. The maximum atomic E-state index is 12.2. The van der Waals surface area contributed by atoms with E-state index in [-0.39, 0.29) is 11.9 Å². The Bertz CT molecular complexity index is 538. The summed E-state index contributed by atoms with van der Waals surface area (Å²) in [6, 6.07) is 1.86. The summed E-state index contributed by atoms with van der Waals surface area (Å²) in [6.07, 6.45) is 1.22. The monoisotopic (exact) mass is 340 g/mol. The molecule has 0 atom stereocenters. The molecule has 0 unspecified atom stereocenters. The molecule has 1 amide bonds. The van der Waals surface area contributed by atoms with Crippen LogP contribution in [0.5, 0.6) is 0 Å². The van der Waals surface area contributed by atoms with E-state index in [0.29, 0.717) is 30.1 Å². The Hall–Kier alpha value is -1.44. The van der Waals surface area contributed by atoms with E-state index in [1.165, 1.54) is 11.3 Å². The van der Waals surface area contributed by atoms with Gasteiger partial charge < -0.3 is 14.8 Å². The van der Waals surface area contributed by atoms with Crippen LogP contribution >= 0.6 is 11.3 Å². The maximum Gasteiger partial charge on any atom is 0.350 e. The molecule has 1 aliphatic rings. The Kier molecular flexibility index (Phi) is 7.01. The molecule has 0 aromatic carbocycles. The summed E-state index contributed by atoms with van der Waals surface area (Å²) in [7, 11) is 0. The Morgan fingerprint density at radius 2 is 2.09 bits per heavy atom. The van der Waals surface area contributed by atoms with Crippen molar-refractivity contribution in [2.75, 3.05) is 44.8 Å². The first-order valence-corrected chi connectivity index (χ1v) is 8.85. The molecule has 0 bridgehead atoms. The average Bonchev–Trinajstić information content (AvgIpc) is 2.97. The van der Waals surface area contributed by atoms with Crippen molar-refractivity contribution in [2.24, 2.45) is 0 Å². The Morgan fingerprint density at radius 1 is 1.35 bits per heavy atom. The number of hydrogen-bond acceptors (Lipinski definition) is 6. The number of aryl methyl sites for hydroxylation is 1. The molecule has 1 fully saturated rings. The van der Waals surface area contributed by atoms with Crippen molar-refractivity contribution < 1.29 is 19.1 Å². The van der Waals surface area contributed by atoms with Crippen LogP contribution in [0.3, 0.4) is 0 Å². The molecule has 0 radical (unpaired) electrons. The lowest BCUT2D eigenvalue weighted by Crippen LogP contribution is -2.38. The number of rotatable bonds is 7. The normalized spacial score (nSPS) is 15.4. The van der Waals surface area contributed by atoms with Crippen molar-refractivity contribution in [3.05, 3.63) is 15.8 Å². The van der Waals surface area contributed by atoms with Crippen molar-refractivity contribution in [2.45, 2.75) is 26.7 Å². The van der Waals surface area contributed by atoms with E-state index in [1.54, 1.807) is 6.92 Å². The number of amides is 1. The number of anilines is 1. The second kappa shape index (κ2) is 9.00. The van der Waals surface area contributed by atoms with Crippen LogP contribution in [0.4, 0.5) is 5.69 Å². The average molecular weight is 340 g/mol. The number of hydrogen-bond donors (Lipinski definition) is 1. The van der Waals surface area contributed by atoms with Crippen LogP contribution in [0.1, 0.15) is 34.8 Å². The van der Waals surface area contributed by atoms with E-state index in [4.69, 9.17) is 9.47 Å². The quantitative estimate of drug-likeness (QED) is 0.770. The molecule has 1 aromatic rings. The summed E-state index contributed by atoms with van der Waals surface area (Å²) in [4.78, 5) is 27.9. The van der Waals surface area contributed by atoms with Crippen molar-refractivity contribution in [1.29, 1.82) is 0 Å². The van der Waals surface area contributed by atoms with Gasteiger partial charge in [0.25, 0.3) is 0 Å². The summed E-state index contributed by atoms with van der Waals surface area (Å²) in [6.45, 7) is 7.98. The molecular weight excluding hydrogens is 316 g/mol. The van der Waals surface area contributed by atoms with Gasteiger partial charge in [0.2, 0.25) is 5.91 Å². The predicted molar refractivity (Wildman–Crippen MR) is 90.2 cm³/mol. The first-order valence-electron chi connectivity index (χ1n) is 8.03. The maximum absolute atomic E-state index is 12.2. The summed E-state index contributed by atoms with van der Waals surface area (Å²) < 4.78 is 10.4. The second-order valence-electron chi connectivity index (χ2n) is 5.28. The van der Waals surface area contributed by atoms with Gasteiger partial charge in [0, 0.05) is 30.9 Å². The lowest BCUT2D eigenvalue weighted by atomic mass is 10.3. The zero-order valence-electron chi connectivity index (χ0n) is 13.7. The van der Waals surface area contributed by atoms with Gasteiger partial charge in [-0.15, -0.1) is 11.3 Å². The van der Waals surface area contributed by atoms with Crippen molar-refractivity contribution in [3.63, 3.8) is 0 Å². The molecule has 2 heterocycles. The van der Waals surface area contributed by atoms with Crippen LogP contribution in [0, 0.1) is 0 Å². The van der Waals surface area contributed by atoms with Crippen LogP contribution in [0.15, 0.2) is 6.07 Å². The van der Waals surface area contributed by atoms with E-state index >= 15 is 0 Å². The molecule has 0 aliphatic carbocycles. The molecule has 1 N–H and O–H groups in total. The van der Waals surface area contributed by atoms with E-state index in [9.17, 15) is 9.59 Å². The van der Waals surface area contributed by atoms with Gasteiger partial charge in [0.05, 0.1) is 25.5 Å². The highest BCUT2D eigenvalue weighted by Crippen LogP contribution is 2.28. The number of nitrogens with one attached hydrogen (secondary N) is 1. The van der Waals surface area contributed by atoms with Crippen LogP contribution in [0.25, 0.3) is 0 Å². The fourth-order valence-electron chi connectivity index (χ4n) is 2.35. The van der Waals surface area contributed by atoms with Gasteiger partial charge in [0.1, 0.15) is 4.88 Å². The van der Waals surface area contributed by atoms with E-state index in [2.05, 4.69) is 10.2 Å². The SMILES string of the molecule is CCOC(=O)c1sc(CC)cc1NC(=O)CCN1CCOCC1. The highest BCUT2D eigenvalue weighted by Gasteiger charge is 2.19. The molecule has 1 aliphatic heterocycles. The molecule has 6 nitrogen and oxygen atoms in total. The molecule has 23 heavy (non-hydrogen) atoms. The van der Waals surface area contributed by atoms with Crippen LogP contribution in [-0.2, 0) is 20.7 Å². The lowest BCUT2D eigenvalue weighted by molar-refractivity contribution is -0.116. The molecule has 0 saturated carbocycles. The number of morpholine rings is 1. The third-order valence-electron chi connectivity index (χ3n) is 3.63. The number of nitrogens with zero attached hydrogens (tertiary/aromatic N) is 1. The van der Waals surface area contributed by atoms with Crippen molar-refractivity contribution in [1.82, 2.24) is 4.90 Å². The van der Waals surface area contributed by atoms with Crippen LogP contribution < -0.4 is 5.32 Å². The highest BCUT2D eigenvalue weighted by atomic mass is 32.1. The van der Waals surface area contributed by atoms with E-state index < -0.39 is 0 Å². The van der Waals surface area contributed by atoms with Crippen LogP contribution in [-0.4, -0.2) is 56.2 Å². The summed E-state index contributed by atoms with van der Waals surface area (Å²) in [5.41, 5.74) is 0.567. The third-order valence-corrected chi connectivity index (χ3v) is 4.88. The van der Waals surface area contributed by atoms with Gasteiger partial charge >= 0.3 is 5.97 Å². The molecule has 0 spiro atoms. The van der Waals surface area contributed by atoms with E-state index in [0.717, 1.165) is 37.6 Å². The summed E-state index contributed by atoms with van der Waals surface area (Å²) >= 11 is 1.38. The smallest absolute Gasteiger partial charge is 0.350 e. The predicted octanol–water partition coefficient (Wildman–Crippen LogP) is 2.15. The summed E-state index contributed by atoms with van der Waals surface area (Å²) in [5.74, 6) is -0.455. The number of carbonyl (C=O) groups excluding carboxylic acids is 2. The lowest BCUT2D eigenvalue weighted by Gasteiger charge is -2.26. The number of thiophene rings is 1. The first-order chi connectivity index (χ1) is 11.1. The second-order valence-corrected chi connectivity index (χ2v) is 6.42. The Labute approximate surface area is 140 Å². The van der Waals surface area contributed by atoms with Gasteiger partial charge in [-0.1, -0.05) is 6.92 Å². The van der Waals surface area contributed by atoms with Gasteiger partial charge in [0.15, 0.2) is 0 Å². The highest BCUT2D eigenvalue weighted by molar-refractivity contribution is 7.14. The molecular formula is C16H24N2O4S. The third kappa shape index (κ3) is 5.30. The first kappa shape index (κ1) is 17.9. The topological polar surface area (TPSA) is 67.9 Å². The molecule has 7 heteroatoms. The van der Waals surface area contributed by atoms with Crippen LogP contribution in [0.2, 0.25) is 0 Å². The minimum absolute atomic E-state index is 0.0810. The van der Waals surface area contributed by atoms with Gasteiger partial charge in [-0.2, -0.15) is 0 Å². The Balaban J connectivity index is 1.93. The standard InChI is InChI=1S/C16H24N2O4S/c1-3-12-11-13(15(23-12)16(20)22-4-2)17-14(19)5-6-18-7-9-21-10-8-18/h11H,3-10H2,1-2H3,(H,17,19). The van der Waals surface area contributed by atoms with Crippen molar-refractivity contribution in [3.8, 4) is 0 Å². The minimum Gasteiger partial charge on any atom is -0.462 e. The molecule has 128 valence electrons. The molecule has 2 rings (SSSR count). The van der Waals surface area contributed by atoms with Crippen molar-refractivity contribution >= 4 is 28.9 Å². The molecule has 1 saturated heterocycles. The zero-order valence-corrected chi connectivity index (χ0v) is 14.5. The number of carbonyl (C=O) groups is 2. The Morgan fingerprint density at radius 3 is 2.74 bits per heavy atom. The zero-order chi connectivity index (χ0) is 16.7. The fraction of sp³-hybridized carbons (Fsp3) is 0.625. The number of esters is 1. The van der Waals surface area contributed by atoms with Gasteiger partial charge in [-0.05, 0) is 19.4 Å². The molecule has 1 aromatic heterocycles. The van der Waals surface area contributed by atoms with Gasteiger partial charge in [-0.25, -0.2) is 4.79 Å². The van der Waals surface area contributed by atoms with E-state index in [1.807, 2.05) is 13.0 Å². The van der Waals surface area contributed by atoms with Gasteiger partial charge in [-0.3, -0.25) is 9.69 Å². The summed E-state index contributed by atoms with van der Waals surface area (Å²) in [5, 5.41) is 2.86. The number of ether oxygens (including phenoxy) is 2. The fourth-order valence-corrected chi connectivity index (χ4v) is 3.30.